The number of halogens is 5. The standard InChI is InChI=1S/C21H18F5N3O2/c1-19(2,3)20(30,13-9-27-11-28-10-13)17-5-4-12(8-29-17)18-15(22)6-14(7-16(18)23)31-21(24,25)26/h4-11,30H,1-3H3. The van der Waals surface area contributed by atoms with E-state index in [0.29, 0.717) is 17.7 Å². The molecule has 0 aliphatic carbocycles. The van der Waals surface area contributed by atoms with E-state index in [-0.39, 0.29) is 11.3 Å². The number of pyridine rings is 1. The van der Waals surface area contributed by atoms with Crippen LogP contribution in [0.4, 0.5) is 22.0 Å². The summed E-state index contributed by atoms with van der Waals surface area (Å²) in [6.45, 7) is 5.32. The van der Waals surface area contributed by atoms with E-state index in [1.54, 1.807) is 20.8 Å². The first-order valence-corrected chi connectivity index (χ1v) is 9.02. The van der Waals surface area contributed by atoms with Gasteiger partial charge in [0.05, 0.1) is 11.3 Å². The second-order valence-electron chi connectivity index (χ2n) is 7.83. The van der Waals surface area contributed by atoms with E-state index >= 15 is 0 Å². The molecule has 0 aliphatic heterocycles. The number of nitrogens with zero attached hydrogens (tertiary/aromatic N) is 3. The zero-order valence-corrected chi connectivity index (χ0v) is 16.7. The fourth-order valence-electron chi connectivity index (χ4n) is 3.23. The van der Waals surface area contributed by atoms with E-state index in [4.69, 9.17) is 0 Å². The van der Waals surface area contributed by atoms with Gasteiger partial charge in [-0.15, -0.1) is 13.2 Å². The van der Waals surface area contributed by atoms with E-state index in [9.17, 15) is 27.1 Å². The maximum atomic E-state index is 14.4. The lowest BCUT2D eigenvalue weighted by Crippen LogP contribution is -2.42. The van der Waals surface area contributed by atoms with Crippen molar-refractivity contribution in [2.45, 2.75) is 32.7 Å². The van der Waals surface area contributed by atoms with Gasteiger partial charge < -0.3 is 9.84 Å². The number of rotatable bonds is 4. The van der Waals surface area contributed by atoms with Gasteiger partial charge in [0.15, 0.2) is 0 Å². The molecule has 0 fully saturated rings. The minimum Gasteiger partial charge on any atom is -0.406 e. The molecule has 2 heterocycles. The number of aliphatic hydroxyl groups is 1. The van der Waals surface area contributed by atoms with Crippen molar-refractivity contribution < 1.29 is 31.8 Å². The second kappa shape index (κ2) is 7.84. The summed E-state index contributed by atoms with van der Waals surface area (Å²) in [6, 6.07) is 3.57. The maximum absolute atomic E-state index is 14.4. The van der Waals surface area contributed by atoms with Crippen LogP contribution in [0.15, 0.2) is 49.2 Å². The highest BCUT2D eigenvalue weighted by Gasteiger charge is 2.45. The Kier molecular flexibility index (Phi) is 5.70. The normalized spacial score (nSPS) is 14.2. The topological polar surface area (TPSA) is 68.1 Å². The number of alkyl halides is 3. The van der Waals surface area contributed by atoms with E-state index < -0.39 is 40.3 Å². The maximum Gasteiger partial charge on any atom is 0.573 e. The summed E-state index contributed by atoms with van der Waals surface area (Å²) in [7, 11) is 0. The molecule has 10 heteroatoms. The van der Waals surface area contributed by atoms with Gasteiger partial charge in [0.2, 0.25) is 0 Å². The summed E-state index contributed by atoms with van der Waals surface area (Å²) < 4.78 is 69.3. The van der Waals surface area contributed by atoms with E-state index in [1.807, 2.05) is 0 Å². The van der Waals surface area contributed by atoms with E-state index in [1.165, 1.54) is 30.9 Å². The highest BCUT2D eigenvalue weighted by molar-refractivity contribution is 5.65. The van der Waals surface area contributed by atoms with Crippen LogP contribution in [0.5, 0.6) is 5.75 Å². The molecule has 0 saturated carbocycles. The lowest BCUT2D eigenvalue weighted by molar-refractivity contribution is -0.274. The molecule has 3 rings (SSSR count). The summed E-state index contributed by atoms with van der Waals surface area (Å²) in [4.78, 5) is 12.0. The van der Waals surface area contributed by atoms with Crippen LogP contribution >= 0.6 is 0 Å². The molecule has 0 radical (unpaired) electrons. The molecule has 1 aromatic carbocycles. The number of hydrogen-bond donors (Lipinski definition) is 1. The highest BCUT2D eigenvalue weighted by atomic mass is 19.4. The Hall–Kier alpha value is -3.14. The van der Waals surface area contributed by atoms with Crippen LogP contribution in [-0.4, -0.2) is 26.4 Å². The number of benzene rings is 1. The van der Waals surface area contributed by atoms with Gasteiger partial charge in [-0.3, -0.25) is 4.98 Å². The molecule has 0 amide bonds. The fraction of sp³-hybridized carbons (Fsp3) is 0.286. The van der Waals surface area contributed by atoms with Gasteiger partial charge in [-0.25, -0.2) is 18.7 Å². The van der Waals surface area contributed by atoms with Crippen LogP contribution in [0.1, 0.15) is 32.0 Å². The van der Waals surface area contributed by atoms with Crippen LogP contribution in [0.3, 0.4) is 0 Å². The minimum atomic E-state index is -5.08. The van der Waals surface area contributed by atoms with Crippen molar-refractivity contribution in [3.8, 4) is 16.9 Å². The zero-order chi connectivity index (χ0) is 23.0. The third-order valence-electron chi connectivity index (χ3n) is 4.74. The molecule has 1 unspecified atom stereocenters. The molecule has 0 saturated heterocycles. The predicted octanol–water partition coefficient (Wildman–Crippen LogP) is 5.00. The zero-order valence-electron chi connectivity index (χ0n) is 16.7. The summed E-state index contributed by atoms with van der Waals surface area (Å²) >= 11 is 0. The molecule has 2 aromatic heterocycles. The Morgan fingerprint density at radius 3 is 1.94 bits per heavy atom. The van der Waals surface area contributed by atoms with Crippen LogP contribution < -0.4 is 4.74 Å². The monoisotopic (exact) mass is 439 g/mol. The summed E-state index contributed by atoms with van der Waals surface area (Å²) in [5, 5.41) is 11.5. The van der Waals surface area contributed by atoms with Gasteiger partial charge >= 0.3 is 6.36 Å². The molecular formula is C21H18F5N3O2. The molecule has 1 N–H and O–H groups in total. The van der Waals surface area contributed by atoms with E-state index in [2.05, 4.69) is 19.7 Å². The minimum absolute atomic E-state index is 0.0297. The molecule has 0 bridgehead atoms. The fourth-order valence-corrected chi connectivity index (χ4v) is 3.23. The third-order valence-corrected chi connectivity index (χ3v) is 4.74. The van der Waals surface area contributed by atoms with Crippen LogP contribution in [0, 0.1) is 17.0 Å². The summed E-state index contributed by atoms with van der Waals surface area (Å²) in [5.41, 5.74) is -2.45. The van der Waals surface area contributed by atoms with Crippen molar-refractivity contribution in [2.75, 3.05) is 0 Å². The van der Waals surface area contributed by atoms with Crippen LogP contribution in [-0.2, 0) is 5.60 Å². The van der Waals surface area contributed by atoms with Crippen molar-refractivity contribution in [3.63, 3.8) is 0 Å². The van der Waals surface area contributed by atoms with Crippen molar-refractivity contribution in [1.29, 1.82) is 0 Å². The Morgan fingerprint density at radius 2 is 1.48 bits per heavy atom. The first kappa shape index (κ1) is 22.5. The van der Waals surface area contributed by atoms with Crippen LogP contribution in [0.25, 0.3) is 11.1 Å². The first-order valence-electron chi connectivity index (χ1n) is 9.02. The largest absolute Gasteiger partial charge is 0.573 e. The Bertz CT molecular complexity index is 1040. The molecule has 3 aromatic rings. The summed E-state index contributed by atoms with van der Waals surface area (Å²) in [6.07, 6.45) is 0.226. The number of hydrogen-bond acceptors (Lipinski definition) is 5. The molecule has 31 heavy (non-hydrogen) atoms. The Labute approximate surface area is 174 Å². The van der Waals surface area contributed by atoms with Gasteiger partial charge in [0.25, 0.3) is 0 Å². The molecule has 1 atom stereocenters. The van der Waals surface area contributed by atoms with Gasteiger partial charge in [-0.1, -0.05) is 26.8 Å². The first-order chi connectivity index (χ1) is 14.3. The third kappa shape index (κ3) is 4.48. The Morgan fingerprint density at radius 1 is 0.903 bits per heavy atom. The summed E-state index contributed by atoms with van der Waals surface area (Å²) in [5.74, 6) is -3.52. The average Bonchev–Trinajstić information content (AvgIpc) is 2.66. The van der Waals surface area contributed by atoms with Crippen molar-refractivity contribution in [3.05, 3.63) is 72.1 Å². The smallest absolute Gasteiger partial charge is 0.406 e. The van der Waals surface area contributed by atoms with Gasteiger partial charge in [0, 0.05) is 47.3 Å². The highest BCUT2D eigenvalue weighted by Crippen LogP contribution is 2.44. The van der Waals surface area contributed by atoms with Crippen molar-refractivity contribution >= 4 is 0 Å². The SMILES string of the molecule is CC(C)(C)C(O)(c1cncnc1)c1ccc(-c2c(F)cc(OC(F)(F)F)cc2F)cn1. The lowest BCUT2D eigenvalue weighted by Gasteiger charge is -2.39. The Balaban J connectivity index is 2.03. The predicted molar refractivity (Wildman–Crippen MR) is 101 cm³/mol. The van der Waals surface area contributed by atoms with Gasteiger partial charge in [-0.05, 0) is 6.07 Å². The van der Waals surface area contributed by atoms with Crippen molar-refractivity contribution in [1.82, 2.24) is 15.0 Å². The second-order valence-corrected chi connectivity index (χ2v) is 7.83. The molecule has 0 aliphatic rings. The van der Waals surface area contributed by atoms with Gasteiger partial charge in [0.1, 0.15) is 29.3 Å². The lowest BCUT2D eigenvalue weighted by atomic mass is 9.70. The molecular weight excluding hydrogens is 421 g/mol. The van der Waals surface area contributed by atoms with Crippen LogP contribution in [0.2, 0.25) is 0 Å². The quantitative estimate of drug-likeness (QED) is 0.580. The van der Waals surface area contributed by atoms with Crippen molar-refractivity contribution in [2.24, 2.45) is 5.41 Å². The van der Waals surface area contributed by atoms with E-state index in [0.717, 1.165) is 6.20 Å². The molecule has 164 valence electrons. The molecule has 5 nitrogen and oxygen atoms in total. The number of ether oxygens (including phenoxy) is 1. The number of aromatic nitrogens is 3. The van der Waals surface area contributed by atoms with Gasteiger partial charge in [-0.2, -0.15) is 0 Å². The molecule has 0 spiro atoms. The average molecular weight is 439 g/mol.